The van der Waals surface area contributed by atoms with Crippen molar-refractivity contribution >= 4 is 11.0 Å². The molecule has 3 nitrogen and oxygen atoms in total. The highest BCUT2D eigenvalue weighted by Gasteiger charge is 2.53. The fourth-order valence-electron chi connectivity index (χ4n) is 4.14. The first-order chi connectivity index (χ1) is 11.7. The zero-order valence-electron chi connectivity index (χ0n) is 13.2. The molecule has 0 spiro atoms. The molecule has 3 aromatic rings. The molecule has 2 heterocycles. The molecule has 1 aliphatic heterocycles. The lowest BCUT2D eigenvalue weighted by molar-refractivity contribution is 0.149. The lowest BCUT2D eigenvalue weighted by Crippen LogP contribution is -2.31. The van der Waals surface area contributed by atoms with Crippen molar-refractivity contribution in [3.05, 3.63) is 88.3 Å². The van der Waals surface area contributed by atoms with Crippen molar-refractivity contribution in [3.63, 3.8) is 0 Å². The maximum atomic E-state index is 12.7. The highest BCUT2D eigenvalue weighted by molar-refractivity contribution is 5.85. The first kappa shape index (κ1) is 13.6. The van der Waals surface area contributed by atoms with E-state index in [9.17, 15) is 4.79 Å². The zero-order valence-corrected chi connectivity index (χ0v) is 13.2. The van der Waals surface area contributed by atoms with Crippen LogP contribution < -0.4 is 10.4 Å². The van der Waals surface area contributed by atoms with E-state index in [4.69, 9.17) is 9.15 Å². The van der Waals surface area contributed by atoms with Gasteiger partial charge in [0.25, 0.3) is 0 Å². The number of allylic oxidation sites excluding steroid dienone is 1. The van der Waals surface area contributed by atoms with Crippen LogP contribution in [0.1, 0.15) is 29.9 Å². The predicted molar refractivity (Wildman–Crippen MR) is 92.6 cm³/mol. The normalized spacial score (nSPS) is 27.0. The smallest absolute Gasteiger partial charge is 0.343 e. The Labute approximate surface area is 139 Å². The first-order valence-electron chi connectivity index (χ1n) is 8.16. The Morgan fingerprint density at radius 3 is 2.58 bits per heavy atom. The summed E-state index contributed by atoms with van der Waals surface area (Å²) in [7, 11) is 0. The summed E-state index contributed by atoms with van der Waals surface area (Å²) in [5, 5.41) is 0.864. The van der Waals surface area contributed by atoms with Crippen LogP contribution in [0.5, 0.6) is 5.75 Å². The molecule has 0 amide bonds. The van der Waals surface area contributed by atoms with Crippen LogP contribution in [0.15, 0.2) is 76.0 Å². The van der Waals surface area contributed by atoms with E-state index >= 15 is 0 Å². The van der Waals surface area contributed by atoms with Gasteiger partial charge in [0.05, 0.1) is 10.9 Å². The van der Waals surface area contributed by atoms with Crippen molar-refractivity contribution in [2.24, 2.45) is 0 Å². The molecular formula is C21H16O3. The van der Waals surface area contributed by atoms with Crippen LogP contribution in [0.25, 0.3) is 11.0 Å². The highest BCUT2D eigenvalue weighted by Crippen LogP contribution is 2.56. The molecule has 0 N–H and O–H groups in total. The minimum atomic E-state index is -0.512. The molecule has 1 aliphatic carbocycles. The van der Waals surface area contributed by atoms with E-state index in [0.29, 0.717) is 16.9 Å². The molecule has 0 saturated heterocycles. The van der Waals surface area contributed by atoms with Crippen molar-refractivity contribution in [1.29, 1.82) is 0 Å². The van der Waals surface area contributed by atoms with Gasteiger partial charge in [-0.1, -0.05) is 48.5 Å². The van der Waals surface area contributed by atoms with Gasteiger partial charge in [-0.15, -0.1) is 0 Å². The van der Waals surface area contributed by atoms with Gasteiger partial charge in [-0.05, 0) is 30.7 Å². The van der Waals surface area contributed by atoms with Gasteiger partial charge in [0.15, 0.2) is 0 Å². The molecule has 0 fully saturated rings. The van der Waals surface area contributed by atoms with Crippen LogP contribution in [0, 0.1) is 0 Å². The maximum absolute atomic E-state index is 12.7. The highest BCUT2D eigenvalue weighted by atomic mass is 16.5. The van der Waals surface area contributed by atoms with Gasteiger partial charge in [-0.2, -0.15) is 0 Å². The first-order valence-corrected chi connectivity index (χ1v) is 8.16. The lowest BCUT2D eigenvalue weighted by atomic mass is 9.79. The summed E-state index contributed by atoms with van der Waals surface area (Å²) in [5.74, 6) is 0.733. The molecule has 2 aromatic carbocycles. The summed E-state index contributed by atoms with van der Waals surface area (Å²) in [6.45, 7) is 2.05. The Morgan fingerprint density at radius 1 is 1.00 bits per heavy atom. The van der Waals surface area contributed by atoms with Crippen LogP contribution in [0.4, 0.5) is 0 Å². The summed E-state index contributed by atoms with van der Waals surface area (Å²) in [5.41, 5.74) is 1.62. The van der Waals surface area contributed by atoms with E-state index in [1.807, 2.05) is 43.3 Å². The Morgan fingerprint density at radius 2 is 1.75 bits per heavy atom. The Bertz CT molecular complexity index is 1030. The molecule has 0 bridgehead atoms. The minimum absolute atomic E-state index is 0.0595. The predicted octanol–water partition coefficient (Wildman–Crippen LogP) is 4.38. The molecule has 118 valence electrons. The number of rotatable bonds is 1. The fourth-order valence-corrected chi connectivity index (χ4v) is 4.14. The van der Waals surface area contributed by atoms with E-state index in [-0.39, 0.29) is 17.5 Å². The molecule has 0 saturated carbocycles. The zero-order chi connectivity index (χ0) is 16.3. The lowest BCUT2D eigenvalue weighted by Gasteiger charge is -2.26. The summed E-state index contributed by atoms with van der Waals surface area (Å²) in [4.78, 5) is 12.7. The Hall–Kier alpha value is -2.81. The Balaban J connectivity index is 1.77. The quantitative estimate of drug-likeness (QED) is 0.494. The van der Waals surface area contributed by atoms with E-state index in [1.54, 1.807) is 6.07 Å². The molecule has 24 heavy (non-hydrogen) atoms. The molecular weight excluding hydrogens is 300 g/mol. The number of hydrogen-bond donors (Lipinski definition) is 0. The van der Waals surface area contributed by atoms with E-state index in [2.05, 4.69) is 24.3 Å². The molecule has 3 atom stereocenters. The van der Waals surface area contributed by atoms with Crippen molar-refractivity contribution < 1.29 is 9.15 Å². The molecule has 1 aromatic heterocycles. The van der Waals surface area contributed by atoms with Crippen LogP contribution in [0.2, 0.25) is 0 Å². The van der Waals surface area contributed by atoms with Gasteiger partial charge >= 0.3 is 5.63 Å². The molecule has 5 rings (SSSR count). The third-order valence-electron chi connectivity index (χ3n) is 5.23. The Kier molecular flexibility index (Phi) is 2.61. The van der Waals surface area contributed by atoms with Crippen molar-refractivity contribution in [2.45, 2.75) is 24.4 Å². The van der Waals surface area contributed by atoms with Gasteiger partial charge in [0.2, 0.25) is 0 Å². The average molecular weight is 316 g/mol. The summed E-state index contributed by atoms with van der Waals surface area (Å²) < 4.78 is 11.9. The minimum Gasteiger partial charge on any atom is -0.481 e. The summed E-state index contributed by atoms with van der Waals surface area (Å²) >= 11 is 0. The second kappa shape index (κ2) is 4.60. The van der Waals surface area contributed by atoms with Gasteiger partial charge in [0, 0.05) is 11.8 Å². The van der Waals surface area contributed by atoms with Crippen molar-refractivity contribution in [1.82, 2.24) is 0 Å². The van der Waals surface area contributed by atoms with Gasteiger partial charge in [-0.3, -0.25) is 0 Å². The monoisotopic (exact) mass is 316 g/mol. The summed E-state index contributed by atoms with van der Waals surface area (Å²) in [6.07, 6.45) is 4.24. The van der Waals surface area contributed by atoms with Gasteiger partial charge in [0.1, 0.15) is 16.9 Å². The maximum Gasteiger partial charge on any atom is 0.343 e. The number of hydrogen-bond acceptors (Lipinski definition) is 3. The SMILES string of the molecule is C[C@]12C=C[C@H](c3ccccc3)[C@H]1c1c(c3ccccc3oc1=O)O2. The van der Waals surface area contributed by atoms with Gasteiger partial charge in [-0.25, -0.2) is 4.79 Å². The van der Waals surface area contributed by atoms with E-state index in [0.717, 1.165) is 5.39 Å². The van der Waals surface area contributed by atoms with Crippen LogP contribution in [0.3, 0.4) is 0 Å². The number of fused-ring (bicyclic) bond motifs is 5. The van der Waals surface area contributed by atoms with Gasteiger partial charge < -0.3 is 9.15 Å². The molecule has 0 radical (unpaired) electrons. The standard InChI is InChI=1S/C21H16O3/c1-21-12-11-14(13-7-3-2-4-8-13)18(21)17-19(24-21)15-9-5-6-10-16(15)23-20(17)22/h2-12,14,18H,1H3/t14-,18+,21+/m1/s1. The van der Waals surface area contributed by atoms with E-state index in [1.165, 1.54) is 5.56 Å². The summed E-state index contributed by atoms with van der Waals surface area (Å²) in [6, 6.07) is 17.8. The largest absolute Gasteiger partial charge is 0.481 e. The second-order valence-corrected chi connectivity index (χ2v) is 6.69. The second-order valence-electron chi connectivity index (χ2n) is 6.69. The van der Waals surface area contributed by atoms with Crippen LogP contribution in [-0.2, 0) is 0 Å². The average Bonchev–Trinajstić information content (AvgIpc) is 3.08. The molecule has 3 heteroatoms. The topological polar surface area (TPSA) is 39.4 Å². The van der Waals surface area contributed by atoms with Crippen molar-refractivity contribution in [2.75, 3.05) is 0 Å². The fraction of sp³-hybridized carbons (Fsp3) is 0.190. The number of benzene rings is 2. The third-order valence-corrected chi connectivity index (χ3v) is 5.23. The van der Waals surface area contributed by atoms with Crippen molar-refractivity contribution in [3.8, 4) is 5.75 Å². The van der Waals surface area contributed by atoms with Crippen LogP contribution in [-0.4, -0.2) is 5.60 Å². The van der Waals surface area contributed by atoms with Crippen LogP contribution >= 0.6 is 0 Å². The number of para-hydroxylation sites is 1. The van der Waals surface area contributed by atoms with E-state index < -0.39 is 5.60 Å². The number of ether oxygens (including phenoxy) is 1. The third kappa shape index (κ3) is 1.70. The molecule has 0 unspecified atom stereocenters. The molecule has 2 aliphatic rings.